The summed E-state index contributed by atoms with van der Waals surface area (Å²) in [6, 6.07) is 5.03. The van der Waals surface area contributed by atoms with Crippen LogP contribution in [0.4, 0.5) is 0 Å². The lowest BCUT2D eigenvalue weighted by atomic mass is 10.2. The molecule has 0 amide bonds. The van der Waals surface area contributed by atoms with Crippen LogP contribution < -0.4 is 10.5 Å². The van der Waals surface area contributed by atoms with Crippen molar-refractivity contribution in [2.24, 2.45) is 5.73 Å². The first kappa shape index (κ1) is 13.8. The summed E-state index contributed by atoms with van der Waals surface area (Å²) in [4.78, 5) is 0. The summed E-state index contributed by atoms with van der Waals surface area (Å²) in [6.07, 6.45) is -0.0735. The van der Waals surface area contributed by atoms with Crippen LogP contribution in [0.3, 0.4) is 0 Å². The Balaban J connectivity index is 2.69. The van der Waals surface area contributed by atoms with Gasteiger partial charge in [0.05, 0.1) is 11.6 Å². The monoisotopic (exact) mass is 256 g/mol. The molecule has 1 rings (SSSR count). The van der Waals surface area contributed by atoms with Crippen LogP contribution in [0.25, 0.3) is 0 Å². The minimum atomic E-state index is -0.0735. The maximum atomic E-state index is 7.29. The summed E-state index contributed by atoms with van der Waals surface area (Å²) < 4.78 is 10.9. The number of amidine groups is 1. The maximum Gasteiger partial charge on any atom is 0.138 e. The summed E-state index contributed by atoms with van der Waals surface area (Å²) >= 11 is 6.03. The fourth-order valence-corrected chi connectivity index (χ4v) is 1.52. The molecule has 94 valence electrons. The molecule has 3 N–H and O–H groups in total. The molecule has 0 bridgehead atoms. The molecule has 4 nitrogen and oxygen atoms in total. The predicted octanol–water partition coefficient (Wildman–Crippen LogP) is 2.43. The van der Waals surface area contributed by atoms with Gasteiger partial charge in [0.1, 0.15) is 17.7 Å². The van der Waals surface area contributed by atoms with Crippen molar-refractivity contribution in [2.45, 2.75) is 20.0 Å². The molecule has 0 heterocycles. The number of hydrogen-bond donors (Lipinski definition) is 2. The molecule has 1 aromatic rings. The van der Waals surface area contributed by atoms with Gasteiger partial charge in [0.2, 0.25) is 0 Å². The molecule has 0 radical (unpaired) electrons. The summed E-state index contributed by atoms with van der Waals surface area (Å²) in [5.41, 5.74) is 5.95. The van der Waals surface area contributed by atoms with E-state index in [0.717, 1.165) is 0 Å². The molecule has 5 heteroatoms. The lowest BCUT2D eigenvalue weighted by Gasteiger charge is -2.15. The van der Waals surface area contributed by atoms with Gasteiger partial charge in [-0.25, -0.2) is 0 Å². The number of nitrogen functional groups attached to an aromatic ring is 1. The highest BCUT2D eigenvalue weighted by Crippen LogP contribution is 2.26. The number of benzene rings is 1. The summed E-state index contributed by atoms with van der Waals surface area (Å²) in [6.45, 7) is 5.01. The third-order valence-electron chi connectivity index (χ3n) is 2.13. The van der Waals surface area contributed by atoms with E-state index < -0.39 is 0 Å². The lowest BCUT2D eigenvalue weighted by Crippen LogP contribution is -2.19. The number of nitrogens with one attached hydrogen (secondary N) is 1. The number of nitrogens with two attached hydrogens (primary N) is 1. The second-order valence-corrected chi connectivity index (χ2v) is 4.05. The molecule has 0 fully saturated rings. The molecule has 0 saturated carbocycles. The molecular formula is C12H17ClN2O2. The molecule has 1 aromatic carbocycles. The first-order valence-electron chi connectivity index (χ1n) is 5.43. The topological polar surface area (TPSA) is 68.3 Å². The second kappa shape index (κ2) is 6.47. The van der Waals surface area contributed by atoms with E-state index in [9.17, 15) is 0 Å². The summed E-state index contributed by atoms with van der Waals surface area (Å²) in [5, 5.41) is 7.74. The van der Waals surface area contributed by atoms with Gasteiger partial charge in [-0.3, -0.25) is 5.41 Å². The predicted molar refractivity (Wildman–Crippen MR) is 69.1 cm³/mol. The Morgan fingerprint density at radius 1 is 1.53 bits per heavy atom. The van der Waals surface area contributed by atoms with Crippen molar-refractivity contribution < 1.29 is 9.47 Å². The Bertz CT molecular complexity index is 396. The SMILES string of the molecule is CCOCC(C)Oc1ccc(C(=N)N)cc1Cl. The third-order valence-corrected chi connectivity index (χ3v) is 2.42. The second-order valence-electron chi connectivity index (χ2n) is 3.65. The van der Waals surface area contributed by atoms with Gasteiger partial charge in [-0.2, -0.15) is 0 Å². The van der Waals surface area contributed by atoms with Crippen LogP contribution in [-0.4, -0.2) is 25.2 Å². The molecule has 17 heavy (non-hydrogen) atoms. The first-order valence-corrected chi connectivity index (χ1v) is 5.80. The summed E-state index contributed by atoms with van der Waals surface area (Å²) in [5.74, 6) is 0.560. The molecule has 0 aliphatic heterocycles. The molecule has 0 spiro atoms. The van der Waals surface area contributed by atoms with Gasteiger partial charge in [-0.05, 0) is 32.0 Å². The van der Waals surface area contributed by atoms with E-state index in [1.165, 1.54) is 0 Å². The Morgan fingerprint density at radius 2 is 2.24 bits per heavy atom. The molecule has 0 aromatic heterocycles. The Morgan fingerprint density at radius 3 is 2.76 bits per heavy atom. The quantitative estimate of drug-likeness (QED) is 0.607. The van der Waals surface area contributed by atoms with Crippen molar-refractivity contribution in [1.29, 1.82) is 5.41 Å². The Labute approximate surface area is 106 Å². The van der Waals surface area contributed by atoms with Crippen LogP contribution in [0.2, 0.25) is 5.02 Å². The molecule has 0 aliphatic rings. The van der Waals surface area contributed by atoms with Gasteiger partial charge in [-0.15, -0.1) is 0 Å². The van der Waals surface area contributed by atoms with Crippen molar-refractivity contribution in [2.75, 3.05) is 13.2 Å². The smallest absolute Gasteiger partial charge is 0.138 e. The van der Waals surface area contributed by atoms with E-state index >= 15 is 0 Å². The molecule has 0 aliphatic carbocycles. The number of hydrogen-bond acceptors (Lipinski definition) is 3. The Hall–Kier alpha value is -1.26. The molecule has 0 saturated heterocycles. The van der Waals surface area contributed by atoms with E-state index in [1.807, 2.05) is 13.8 Å². The van der Waals surface area contributed by atoms with Gasteiger partial charge >= 0.3 is 0 Å². The fourth-order valence-electron chi connectivity index (χ4n) is 1.30. The van der Waals surface area contributed by atoms with Crippen LogP contribution in [0.15, 0.2) is 18.2 Å². The fraction of sp³-hybridized carbons (Fsp3) is 0.417. The van der Waals surface area contributed by atoms with Gasteiger partial charge in [-0.1, -0.05) is 11.6 Å². The van der Waals surface area contributed by atoms with Crippen molar-refractivity contribution in [3.63, 3.8) is 0 Å². The van der Waals surface area contributed by atoms with Crippen LogP contribution in [-0.2, 0) is 4.74 Å². The standard InChI is InChI=1S/C12H17ClN2O2/c1-3-16-7-8(2)17-11-5-4-9(12(14)15)6-10(11)13/h4-6,8H,3,7H2,1-2H3,(H3,14,15). The normalized spacial score (nSPS) is 12.2. The highest BCUT2D eigenvalue weighted by Gasteiger charge is 2.09. The van der Waals surface area contributed by atoms with Gasteiger partial charge < -0.3 is 15.2 Å². The lowest BCUT2D eigenvalue weighted by molar-refractivity contribution is 0.0658. The van der Waals surface area contributed by atoms with Crippen LogP contribution in [0, 0.1) is 5.41 Å². The summed E-state index contributed by atoms with van der Waals surface area (Å²) in [7, 11) is 0. The van der Waals surface area contributed by atoms with Crippen LogP contribution in [0.5, 0.6) is 5.75 Å². The zero-order chi connectivity index (χ0) is 12.8. The first-order chi connectivity index (χ1) is 8.04. The van der Waals surface area contributed by atoms with Gasteiger partial charge in [0.15, 0.2) is 0 Å². The van der Waals surface area contributed by atoms with Gasteiger partial charge in [0.25, 0.3) is 0 Å². The number of ether oxygens (including phenoxy) is 2. The van der Waals surface area contributed by atoms with E-state index in [1.54, 1.807) is 18.2 Å². The minimum absolute atomic E-state index is 0.0131. The van der Waals surface area contributed by atoms with Crippen molar-refractivity contribution in [3.05, 3.63) is 28.8 Å². The highest BCUT2D eigenvalue weighted by atomic mass is 35.5. The Kier molecular flexibility index (Phi) is 5.25. The van der Waals surface area contributed by atoms with Crippen LogP contribution in [0.1, 0.15) is 19.4 Å². The van der Waals surface area contributed by atoms with Crippen molar-refractivity contribution in [3.8, 4) is 5.75 Å². The molecule has 1 atom stereocenters. The largest absolute Gasteiger partial charge is 0.487 e. The van der Waals surface area contributed by atoms with E-state index in [0.29, 0.717) is 29.5 Å². The average molecular weight is 257 g/mol. The molecule has 1 unspecified atom stereocenters. The minimum Gasteiger partial charge on any atom is -0.487 e. The highest BCUT2D eigenvalue weighted by molar-refractivity contribution is 6.32. The zero-order valence-electron chi connectivity index (χ0n) is 10.00. The van der Waals surface area contributed by atoms with E-state index in [2.05, 4.69) is 0 Å². The van der Waals surface area contributed by atoms with Gasteiger partial charge in [0, 0.05) is 12.2 Å². The number of halogens is 1. The average Bonchev–Trinajstić information content (AvgIpc) is 2.28. The van der Waals surface area contributed by atoms with Crippen molar-refractivity contribution in [1.82, 2.24) is 0 Å². The molecular weight excluding hydrogens is 240 g/mol. The number of rotatable bonds is 6. The van der Waals surface area contributed by atoms with Crippen LogP contribution >= 0.6 is 11.6 Å². The third kappa shape index (κ3) is 4.24. The van der Waals surface area contributed by atoms with Crippen molar-refractivity contribution >= 4 is 17.4 Å². The maximum absolute atomic E-state index is 7.29. The van der Waals surface area contributed by atoms with E-state index in [-0.39, 0.29) is 11.9 Å². The van der Waals surface area contributed by atoms with E-state index in [4.69, 9.17) is 32.2 Å². The zero-order valence-corrected chi connectivity index (χ0v) is 10.8.